The Balaban J connectivity index is 2.45. The fourth-order valence-corrected chi connectivity index (χ4v) is 1.37. The second kappa shape index (κ2) is 4.97. The Labute approximate surface area is 88.3 Å². The van der Waals surface area contributed by atoms with Gasteiger partial charge in [0, 0.05) is 12.2 Å². The summed E-state index contributed by atoms with van der Waals surface area (Å²) in [7, 11) is -2.84. The lowest BCUT2D eigenvalue weighted by atomic mass is 10.3. The number of anilines is 1. The number of methoxy groups -OCH3 is 1. The molecule has 0 unspecified atom stereocenters. The highest BCUT2D eigenvalue weighted by Gasteiger charge is 2.05. The highest BCUT2D eigenvalue weighted by molar-refractivity contribution is 7.86. The molecule has 0 saturated heterocycles. The van der Waals surface area contributed by atoms with Crippen molar-refractivity contribution in [3.8, 4) is 5.75 Å². The van der Waals surface area contributed by atoms with Gasteiger partial charge in [0.1, 0.15) is 5.75 Å². The second-order valence-corrected chi connectivity index (χ2v) is 4.38. The Bertz CT molecular complexity index is 402. The normalized spacial score (nSPS) is 11.1. The minimum atomic E-state index is -4.39. The number of nitrogens with one attached hydrogen (secondary N) is 1. The zero-order valence-electron chi connectivity index (χ0n) is 8.23. The molecule has 1 aromatic carbocycles. The van der Waals surface area contributed by atoms with Crippen LogP contribution in [-0.4, -0.2) is 27.8 Å². The largest absolute Gasteiger partial charge is 0.497 e. The van der Waals surface area contributed by atoms with E-state index < -0.39 is 16.0 Å². The van der Waals surface area contributed by atoms with Crippen molar-refractivity contribution >= 4 is 15.9 Å². The average Bonchev–Trinajstić information content (AvgIpc) is 2.17. The molecule has 0 aromatic heterocycles. The third kappa shape index (κ3) is 4.64. The Hall–Kier alpha value is -1.30. The number of benzene rings is 1. The van der Waals surface area contributed by atoms with Crippen LogP contribution in [0.4, 0.5) is 9.57 Å². The van der Waals surface area contributed by atoms with Crippen molar-refractivity contribution < 1.29 is 17.0 Å². The summed E-state index contributed by atoms with van der Waals surface area (Å²) in [4.78, 5) is 0. The van der Waals surface area contributed by atoms with E-state index in [0.717, 1.165) is 5.69 Å². The summed E-state index contributed by atoms with van der Waals surface area (Å²) in [5.41, 5.74) is 0.722. The van der Waals surface area contributed by atoms with Crippen molar-refractivity contribution in [1.82, 2.24) is 0 Å². The van der Waals surface area contributed by atoms with Crippen molar-refractivity contribution in [1.29, 1.82) is 0 Å². The predicted molar refractivity (Wildman–Crippen MR) is 56.4 cm³/mol. The molecule has 0 saturated carbocycles. The zero-order valence-corrected chi connectivity index (χ0v) is 9.05. The first-order valence-corrected chi connectivity index (χ1v) is 5.87. The highest BCUT2D eigenvalue weighted by Crippen LogP contribution is 2.14. The molecule has 1 rings (SSSR count). The molecule has 0 amide bonds. The second-order valence-electron chi connectivity index (χ2n) is 2.90. The fourth-order valence-electron chi connectivity index (χ4n) is 1.03. The van der Waals surface area contributed by atoms with E-state index in [2.05, 4.69) is 5.32 Å². The van der Waals surface area contributed by atoms with E-state index in [-0.39, 0.29) is 6.54 Å². The lowest BCUT2D eigenvalue weighted by Crippen LogP contribution is -2.11. The predicted octanol–water partition coefficient (Wildman–Crippen LogP) is 1.41. The van der Waals surface area contributed by atoms with E-state index in [9.17, 15) is 12.3 Å². The van der Waals surface area contributed by atoms with Crippen molar-refractivity contribution in [2.24, 2.45) is 0 Å². The first-order chi connectivity index (χ1) is 7.01. The molecule has 0 aliphatic rings. The van der Waals surface area contributed by atoms with Crippen LogP contribution < -0.4 is 10.1 Å². The molecule has 15 heavy (non-hydrogen) atoms. The highest BCUT2D eigenvalue weighted by atomic mass is 32.3. The van der Waals surface area contributed by atoms with Gasteiger partial charge in [-0.05, 0) is 24.3 Å². The summed E-state index contributed by atoms with van der Waals surface area (Å²) in [6, 6.07) is 6.91. The maximum atomic E-state index is 12.1. The summed E-state index contributed by atoms with van der Waals surface area (Å²) in [5.74, 6) is 0.178. The molecule has 1 N–H and O–H groups in total. The number of rotatable bonds is 5. The van der Waals surface area contributed by atoms with Gasteiger partial charge in [-0.2, -0.15) is 8.42 Å². The maximum Gasteiger partial charge on any atom is 0.304 e. The van der Waals surface area contributed by atoms with E-state index in [1.165, 1.54) is 0 Å². The Morgan fingerprint density at radius 3 is 2.40 bits per heavy atom. The fraction of sp³-hybridized carbons (Fsp3) is 0.333. The number of halogens is 1. The van der Waals surface area contributed by atoms with Crippen LogP contribution in [0.2, 0.25) is 0 Å². The van der Waals surface area contributed by atoms with E-state index in [1.54, 1.807) is 31.4 Å². The van der Waals surface area contributed by atoms with Crippen molar-refractivity contribution in [3.63, 3.8) is 0 Å². The van der Waals surface area contributed by atoms with Crippen molar-refractivity contribution in [3.05, 3.63) is 24.3 Å². The van der Waals surface area contributed by atoms with E-state index in [1.807, 2.05) is 0 Å². The van der Waals surface area contributed by atoms with E-state index in [0.29, 0.717) is 5.75 Å². The SMILES string of the molecule is COc1ccc(NCCS(=O)(=O)F)cc1. The minimum Gasteiger partial charge on any atom is -0.497 e. The van der Waals surface area contributed by atoms with Gasteiger partial charge in [0.2, 0.25) is 0 Å². The quantitative estimate of drug-likeness (QED) is 0.781. The van der Waals surface area contributed by atoms with Gasteiger partial charge >= 0.3 is 10.2 Å². The van der Waals surface area contributed by atoms with Gasteiger partial charge in [-0.1, -0.05) is 0 Å². The molecular weight excluding hydrogens is 221 g/mol. The average molecular weight is 233 g/mol. The molecule has 4 nitrogen and oxygen atoms in total. The van der Waals surface area contributed by atoms with Crippen LogP contribution in [0.15, 0.2) is 24.3 Å². The van der Waals surface area contributed by atoms with Crippen LogP contribution >= 0.6 is 0 Å². The summed E-state index contributed by atoms with van der Waals surface area (Å²) in [5, 5.41) is 2.78. The first kappa shape index (κ1) is 11.8. The van der Waals surface area contributed by atoms with Crippen LogP contribution in [0.5, 0.6) is 5.75 Å². The van der Waals surface area contributed by atoms with Crippen molar-refractivity contribution in [2.45, 2.75) is 0 Å². The summed E-state index contributed by atoms with van der Waals surface area (Å²) in [6.07, 6.45) is 0. The molecular formula is C9H12FNO3S. The molecule has 0 spiro atoms. The number of ether oxygens (including phenoxy) is 1. The summed E-state index contributed by atoms with van der Waals surface area (Å²) >= 11 is 0. The Morgan fingerprint density at radius 1 is 1.33 bits per heavy atom. The molecule has 0 bridgehead atoms. The van der Waals surface area contributed by atoms with E-state index >= 15 is 0 Å². The number of hydrogen-bond donors (Lipinski definition) is 1. The molecule has 0 aliphatic heterocycles. The van der Waals surface area contributed by atoms with Gasteiger partial charge in [-0.3, -0.25) is 0 Å². The Morgan fingerprint density at radius 2 is 1.93 bits per heavy atom. The molecule has 84 valence electrons. The standard InChI is InChI=1S/C9H12FNO3S/c1-14-9-4-2-8(3-5-9)11-6-7-15(10,12)13/h2-5,11H,6-7H2,1H3. The molecule has 1 aromatic rings. The molecule has 0 aliphatic carbocycles. The molecule has 0 radical (unpaired) electrons. The summed E-state index contributed by atoms with van der Waals surface area (Å²) in [6.45, 7) is 0.0468. The van der Waals surface area contributed by atoms with Crippen LogP contribution in [0.25, 0.3) is 0 Å². The molecule has 0 heterocycles. The van der Waals surface area contributed by atoms with E-state index in [4.69, 9.17) is 4.74 Å². The van der Waals surface area contributed by atoms with Crippen LogP contribution in [0.3, 0.4) is 0 Å². The van der Waals surface area contributed by atoms with Gasteiger partial charge in [-0.15, -0.1) is 3.89 Å². The van der Waals surface area contributed by atoms with Crippen LogP contribution in [0.1, 0.15) is 0 Å². The van der Waals surface area contributed by atoms with Crippen molar-refractivity contribution in [2.75, 3.05) is 24.7 Å². The van der Waals surface area contributed by atoms with Gasteiger partial charge < -0.3 is 10.1 Å². The minimum absolute atomic E-state index is 0.0468. The molecule has 0 fully saturated rings. The third-order valence-corrected chi connectivity index (χ3v) is 2.46. The van der Waals surface area contributed by atoms with Gasteiger partial charge in [0.25, 0.3) is 0 Å². The number of hydrogen-bond acceptors (Lipinski definition) is 4. The van der Waals surface area contributed by atoms with Gasteiger partial charge in [0.05, 0.1) is 12.9 Å². The summed E-state index contributed by atoms with van der Waals surface area (Å²) < 4.78 is 37.5. The van der Waals surface area contributed by atoms with Crippen LogP contribution in [-0.2, 0) is 10.2 Å². The topological polar surface area (TPSA) is 55.4 Å². The third-order valence-electron chi connectivity index (χ3n) is 1.77. The monoisotopic (exact) mass is 233 g/mol. The first-order valence-electron chi connectivity index (χ1n) is 4.31. The van der Waals surface area contributed by atoms with Crippen LogP contribution in [0, 0.1) is 0 Å². The lowest BCUT2D eigenvalue weighted by Gasteiger charge is -2.05. The molecule has 6 heteroatoms. The zero-order chi connectivity index (χ0) is 11.3. The lowest BCUT2D eigenvalue weighted by molar-refractivity contribution is 0.415. The van der Waals surface area contributed by atoms with Gasteiger partial charge in [0.15, 0.2) is 0 Å². The smallest absolute Gasteiger partial charge is 0.304 e. The maximum absolute atomic E-state index is 12.1. The molecule has 0 atom stereocenters. The Kier molecular flexibility index (Phi) is 3.90. The van der Waals surface area contributed by atoms with Gasteiger partial charge in [-0.25, -0.2) is 0 Å².